The summed E-state index contributed by atoms with van der Waals surface area (Å²) in [5.74, 6) is 3.11. The molecule has 15 heavy (non-hydrogen) atoms. The van der Waals surface area contributed by atoms with E-state index < -0.39 is 0 Å². The Morgan fingerprint density at radius 3 is 2.93 bits per heavy atom. The second-order valence-corrected chi connectivity index (χ2v) is 4.22. The first-order chi connectivity index (χ1) is 7.19. The zero-order valence-corrected chi connectivity index (χ0v) is 9.55. The Bertz CT molecular complexity index is 257. The first-order valence-corrected chi connectivity index (χ1v) is 5.66. The van der Waals surface area contributed by atoms with Gasteiger partial charge in [-0.3, -0.25) is 4.79 Å². The van der Waals surface area contributed by atoms with Gasteiger partial charge in [0.05, 0.1) is 6.04 Å². The molecule has 1 aliphatic heterocycles. The van der Waals surface area contributed by atoms with Gasteiger partial charge >= 0.3 is 0 Å². The lowest BCUT2D eigenvalue weighted by Crippen LogP contribution is -2.47. The number of carbonyl (C=O) groups excluding carboxylic acids is 1. The van der Waals surface area contributed by atoms with Crippen molar-refractivity contribution in [1.29, 1.82) is 0 Å². The van der Waals surface area contributed by atoms with E-state index in [0.29, 0.717) is 12.3 Å². The molecular formula is C12H20N2O. The molecule has 2 N–H and O–H groups in total. The number of terminal acetylenes is 1. The number of amides is 1. The standard InChI is InChI=1S/C12H20N2O/c1-4-6-10(5-2)14-12(15)11-9(3)7-8-13-11/h1,9-11,13H,5-8H2,2-3H3,(H,14,15). The van der Waals surface area contributed by atoms with Gasteiger partial charge in [0.2, 0.25) is 5.91 Å². The van der Waals surface area contributed by atoms with Crippen LogP contribution in [-0.4, -0.2) is 24.5 Å². The minimum atomic E-state index is -0.0307. The smallest absolute Gasteiger partial charge is 0.237 e. The molecule has 0 bridgehead atoms. The molecule has 0 aliphatic carbocycles. The van der Waals surface area contributed by atoms with Crippen molar-refractivity contribution in [1.82, 2.24) is 10.6 Å². The maximum atomic E-state index is 11.9. The van der Waals surface area contributed by atoms with Crippen molar-refractivity contribution in [3.05, 3.63) is 0 Å². The van der Waals surface area contributed by atoms with E-state index in [1.54, 1.807) is 0 Å². The van der Waals surface area contributed by atoms with Crippen LogP contribution in [0.5, 0.6) is 0 Å². The molecule has 1 rings (SSSR count). The van der Waals surface area contributed by atoms with Crippen LogP contribution in [0.25, 0.3) is 0 Å². The van der Waals surface area contributed by atoms with Gasteiger partial charge in [-0.2, -0.15) is 0 Å². The van der Waals surface area contributed by atoms with Gasteiger partial charge in [-0.1, -0.05) is 13.8 Å². The summed E-state index contributed by atoms with van der Waals surface area (Å²) in [5.41, 5.74) is 0. The fraction of sp³-hybridized carbons (Fsp3) is 0.750. The van der Waals surface area contributed by atoms with E-state index in [1.807, 2.05) is 6.92 Å². The van der Waals surface area contributed by atoms with Gasteiger partial charge in [-0.05, 0) is 25.3 Å². The number of carbonyl (C=O) groups is 1. The minimum Gasteiger partial charge on any atom is -0.351 e. The molecule has 0 radical (unpaired) electrons. The predicted octanol–water partition coefficient (Wildman–Crippen LogP) is 0.902. The summed E-state index contributed by atoms with van der Waals surface area (Å²) in [7, 11) is 0. The first-order valence-electron chi connectivity index (χ1n) is 5.66. The topological polar surface area (TPSA) is 41.1 Å². The summed E-state index contributed by atoms with van der Waals surface area (Å²) in [6.45, 7) is 5.07. The summed E-state index contributed by atoms with van der Waals surface area (Å²) in [6, 6.07) is 0.0916. The summed E-state index contributed by atoms with van der Waals surface area (Å²) in [6.07, 6.45) is 7.82. The molecule has 0 aromatic carbocycles. The molecule has 3 nitrogen and oxygen atoms in total. The third-order valence-corrected chi connectivity index (χ3v) is 3.02. The highest BCUT2D eigenvalue weighted by Gasteiger charge is 2.29. The van der Waals surface area contributed by atoms with Gasteiger partial charge in [0.25, 0.3) is 0 Å². The highest BCUT2D eigenvalue weighted by atomic mass is 16.2. The Balaban J connectivity index is 2.43. The molecule has 1 saturated heterocycles. The maximum Gasteiger partial charge on any atom is 0.237 e. The lowest BCUT2D eigenvalue weighted by molar-refractivity contribution is -0.124. The van der Waals surface area contributed by atoms with Crippen LogP contribution < -0.4 is 10.6 Å². The first kappa shape index (κ1) is 12.1. The quantitative estimate of drug-likeness (QED) is 0.674. The largest absolute Gasteiger partial charge is 0.351 e. The van der Waals surface area contributed by atoms with Gasteiger partial charge in [0, 0.05) is 12.5 Å². The minimum absolute atomic E-state index is 0.0307. The second kappa shape index (κ2) is 5.77. The lowest BCUT2D eigenvalue weighted by atomic mass is 10.0. The van der Waals surface area contributed by atoms with Crippen LogP contribution in [0.3, 0.4) is 0 Å². The Kier molecular flexibility index (Phi) is 4.64. The van der Waals surface area contributed by atoms with E-state index in [0.717, 1.165) is 19.4 Å². The van der Waals surface area contributed by atoms with Crippen LogP contribution in [-0.2, 0) is 4.79 Å². The number of hydrogen-bond acceptors (Lipinski definition) is 2. The molecule has 0 aromatic rings. The van der Waals surface area contributed by atoms with Crippen molar-refractivity contribution < 1.29 is 4.79 Å². The molecule has 3 atom stereocenters. The van der Waals surface area contributed by atoms with Crippen LogP contribution in [0.1, 0.15) is 33.1 Å². The summed E-state index contributed by atoms with van der Waals surface area (Å²) in [5, 5.41) is 6.21. The van der Waals surface area contributed by atoms with E-state index >= 15 is 0 Å². The summed E-state index contributed by atoms with van der Waals surface area (Å²) < 4.78 is 0. The molecule has 1 aliphatic rings. The van der Waals surface area contributed by atoms with Gasteiger partial charge in [0.1, 0.15) is 0 Å². The monoisotopic (exact) mass is 208 g/mol. The Hall–Kier alpha value is -1.01. The Labute approximate surface area is 92.0 Å². The molecule has 1 heterocycles. The van der Waals surface area contributed by atoms with Gasteiger partial charge in [-0.15, -0.1) is 12.3 Å². The molecule has 1 fully saturated rings. The maximum absolute atomic E-state index is 11.9. The van der Waals surface area contributed by atoms with Gasteiger partial charge in [0.15, 0.2) is 0 Å². The average Bonchev–Trinajstić information content (AvgIpc) is 2.63. The predicted molar refractivity (Wildman–Crippen MR) is 61.2 cm³/mol. The SMILES string of the molecule is C#CCC(CC)NC(=O)C1NCCC1C. The van der Waals surface area contributed by atoms with Crippen molar-refractivity contribution in [2.24, 2.45) is 5.92 Å². The molecule has 1 amide bonds. The van der Waals surface area contributed by atoms with Crippen molar-refractivity contribution in [2.45, 2.75) is 45.2 Å². The van der Waals surface area contributed by atoms with Crippen molar-refractivity contribution in [2.75, 3.05) is 6.54 Å². The van der Waals surface area contributed by atoms with E-state index in [4.69, 9.17) is 6.42 Å². The third kappa shape index (κ3) is 3.24. The number of hydrogen-bond donors (Lipinski definition) is 2. The van der Waals surface area contributed by atoms with Crippen LogP contribution in [0.2, 0.25) is 0 Å². The van der Waals surface area contributed by atoms with Crippen molar-refractivity contribution >= 4 is 5.91 Å². The van der Waals surface area contributed by atoms with E-state index in [9.17, 15) is 4.79 Å². The third-order valence-electron chi connectivity index (χ3n) is 3.02. The highest BCUT2D eigenvalue weighted by Crippen LogP contribution is 2.14. The van der Waals surface area contributed by atoms with Crippen LogP contribution in [0, 0.1) is 18.3 Å². The molecule has 3 unspecified atom stereocenters. The van der Waals surface area contributed by atoms with E-state index in [2.05, 4.69) is 23.5 Å². The average molecular weight is 208 g/mol. The molecule has 0 saturated carbocycles. The number of nitrogens with one attached hydrogen (secondary N) is 2. The zero-order valence-electron chi connectivity index (χ0n) is 9.55. The molecule has 3 heteroatoms. The lowest BCUT2D eigenvalue weighted by Gasteiger charge is -2.20. The second-order valence-electron chi connectivity index (χ2n) is 4.22. The van der Waals surface area contributed by atoms with Gasteiger partial charge in [-0.25, -0.2) is 0 Å². The Morgan fingerprint density at radius 1 is 1.73 bits per heavy atom. The highest BCUT2D eigenvalue weighted by molar-refractivity contribution is 5.82. The van der Waals surface area contributed by atoms with E-state index in [-0.39, 0.29) is 18.0 Å². The van der Waals surface area contributed by atoms with Gasteiger partial charge < -0.3 is 10.6 Å². The zero-order chi connectivity index (χ0) is 11.3. The number of rotatable bonds is 4. The molecule has 84 valence electrons. The summed E-state index contributed by atoms with van der Waals surface area (Å²) in [4.78, 5) is 11.9. The molecular weight excluding hydrogens is 188 g/mol. The van der Waals surface area contributed by atoms with Crippen molar-refractivity contribution in [3.63, 3.8) is 0 Å². The fourth-order valence-electron chi connectivity index (χ4n) is 1.92. The fourth-order valence-corrected chi connectivity index (χ4v) is 1.92. The summed E-state index contributed by atoms with van der Waals surface area (Å²) >= 11 is 0. The Morgan fingerprint density at radius 2 is 2.47 bits per heavy atom. The van der Waals surface area contributed by atoms with Crippen molar-refractivity contribution in [3.8, 4) is 12.3 Å². The normalized spacial score (nSPS) is 27.0. The van der Waals surface area contributed by atoms with Crippen LogP contribution in [0.15, 0.2) is 0 Å². The molecule has 0 aromatic heterocycles. The molecule has 0 spiro atoms. The van der Waals surface area contributed by atoms with Crippen LogP contribution >= 0.6 is 0 Å². The van der Waals surface area contributed by atoms with E-state index in [1.165, 1.54) is 0 Å². The van der Waals surface area contributed by atoms with Crippen LogP contribution in [0.4, 0.5) is 0 Å².